The summed E-state index contributed by atoms with van der Waals surface area (Å²) in [5.41, 5.74) is 1.68. The molecule has 1 saturated carbocycles. The Balaban J connectivity index is 0.000000287. The molecule has 34 heteroatoms. The fourth-order valence-corrected chi connectivity index (χ4v) is 16.4. The highest BCUT2D eigenvalue weighted by Gasteiger charge is 2.44. The molecule has 3 fully saturated rings. The second kappa shape index (κ2) is 32.6. The summed E-state index contributed by atoms with van der Waals surface area (Å²) in [4.78, 5) is 60.2. The first-order valence-corrected chi connectivity index (χ1v) is 33.6. The average Bonchev–Trinajstić information content (AvgIpc) is 1.49. The molecule has 22 nitrogen and oxygen atoms in total. The lowest BCUT2D eigenvalue weighted by molar-refractivity contribution is -0.378. The summed E-state index contributed by atoms with van der Waals surface area (Å²) in [6, 6.07) is 18.8. The van der Waals surface area contributed by atoms with Crippen molar-refractivity contribution >= 4 is 114 Å². The molecule has 4 atom stereocenters. The molecule has 1 aliphatic carbocycles. The van der Waals surface area contributed by atoms with Crippen LogP contribution in [0.25, 0.3) is 0 Å². The SMILES string of the molecule is CN(C)C(=O)c1cccc(S(=O)(=O)N2CCS[C@H]2C(=O)O[C@@H](Cc2c(Cl)c[nH+]cc2Cl)c2ccc(OC(F)F)c(O)c2)c1.CN(C)C(=O)c1cccc(S(=O)(=O)N2CCS[C@H]2C(=O)O[C@@H](Cc2c(Cl)c[nH+]cc2Cl)c2ccc(OC(F)F)c(OCC3CC3)c2)c1.[OH-].[OH-]. The Morgan fingerprint density at radius 3 is 1.39 bits per heavy atom. The number of carbonyl (C=O) groups is 4. The van der Waals surface area contributed by atoms with Gasteiger partial charge in [-0.05, 0) is 90.6 Å². The number of aromatic hydroxyl groups is 1. The molecule has 2 aromatic heterocycles. The van der Waals surface area contributed by atoms with E-state index in [9.17, 15) is 58.7 Å². The Morgan fingerprint density at radius 2 is 1.00 bits per heavy atom. The van der Waals surface area contributed by atoms with Crippen molar-refractivity contribution in [3.63, 3.8) is 0 Å². The summed E-state index contributed by atoms with van der Waals surface area (Å²) in [7, 11) is -2.29. The lowest BCUT2D eigenvalue weighted by Gasteiger charge is -2.26. The van der Waals surface area contributed by atoms with Gasteiger partial charge in [0.1, 0.15) is 32.3 Å². The maximum Gasteiger partial charge on any atom is 0.387 e. The number of aromatic nitrogens is 2. The van der Waals surface area contributed by atoms with Crippen molar-refractivity contribution in [1.82, 2.24) is 18.4 Å². The van der Waals surface area contributed by atoms with Gasteiger partial charge in [0.15, 0.2) is 58.5 Å². The number of phenols is 1. The third-order valence-electron chi connectivity index (χ3n) is 13.9. The fourth-order valence-electron chi connectivity index (χ4n) is 9.16. The van der Waals surface area contributed by atoms with Gasteiger partial charge in [0, 0.05) is 87.9 Å². The molecule has 4 heterocycles. The summed E-state index contributed by atoms with van der Waals surface area (Å²) in [6.07, 6.45) is 5.43. The van der Waals surface area contributed by atoms with E-state index in [0.29, 0.717) is 35.0 Å². The molecule has 2 aliphatic heterocycles. The topological polar surface area (TPSA) is 304 Å². The van der Waals surface area contributed by atoms with Gasteiger partial charge < -0.3 is 49.5 Å². The zero-order valence-electron chi connectivity index (χ0n) is 48.9. The number of amides is 2. The third-order valence-corrected chi connectivity index (χ3v) is 21.6. The number of alkyl halides is 4. The molecule has 0 unspecified atom stereocenters. The molecule has 0 spiro atoms. The minimum atomic E-state index is -4.24. The first-order chi connectivity index (χ1) is 42.6. The van der Waals surface area contributed by atoms with Gasteiger partial charge in [-0.2, -0.15) is 26.2 Å². The standard InChI is InChI=1S/C31H31Cl2F2N3O7S2.C27H25Cl2F2N3O7S2.2H2O/c1-37(2)28(39)20-4-3-5-21(12-20)47(41,42)38-10-11-46-29(38)30(40)44-26(14-22-23(32)15-36-16-24(22)33)19-8-9-25(45-31(34)35)27(13-19)43-17-18-6-7-18;1-33(2)24(36)16-4-3-5-17(10-16)43(38,39)34-8-9-42-25(34)26(37)40-23(12-18-19(28)13-32-14-20(18)29)15-6-7-22(21(35)11-15)41-27(30)31;;/h3-5,8-9,12-13,15-16,18,26,29,31H,6-7,10-11,14,17H2,1-2H3;3-7,10-11,13-14,23,25,27,35H,8-9,12H2,1-2H3;2*1H2/t26-,29-;23-,25-;;/m00../s1. The van der Waals surface area contributed by atoms with Crippen molar-refractivity contribution in [2.75, 3.05) is 59.4 Å². The maximum absolute atomic E-state index is 13.8. The van der Waals surface area contributed by atoms with Crippen molar-refractivity contribution in [3.8, 4) is 23.0 Å². The third kappa shape index (κ3) is 18.5. The van der Waals surface area contributed by atoms with E-state index in [-0.39, 0.29) is 107 Å². The number of thioether (sulfide) groups is 2. The summed E-state index contributed by atoms with van der Waals surface area (Å²) in [5, 5.41) is 8.70. The summed E-state index contributed by atoms with van der Waals surface area (Å²) in [6.45, 7) is -5.96. The van der Waals surface area contributed by atoms with E-state index in [1.165, 1.54) is 121 Å². The van der Waals surface area contributed by atoms with Crippen LogP contribution in [-0.2, 0) is 52.0 Å². The minimum Gasteiger partial charge on any atom is -0.870 e. The highest BCUT2D eigenvalue weighted by Crippen LogP contribution is 2.41. The number of benzene rings is 4. The van der Waals surface area contributed by atoms with Crippen LogP contribution in [0.5, 0.6) is 23.0 Å². The van der Waals surface area contributed by atoms with Crippen molar-refractivity contribution in [2.45, 2.75) is 71.7 Å². The van der Waals surface area contributed by atoms with Crippen LogP contribution in [0.2, 0.25) is 20.1 Å². The lowest BCUT2D eigenvalue weighted by Crippen LogP contribution is -2.40. The van der Waals surface area contributed by atoms with E-state index in [1.54, 1.807) is 14.1 Å². The molecule has 2 saturated heterocycles. The highest BCUT2D eigenvalue weighted by molar-refractivity contribution is 8.02. The van der Waals surface area contributed by atoms with Crippen LogP contribution in [-0.4, -0.2) is 158 Å². The number of phenolic OH excluding ortho intramolecular Hbond substituents is 1. The Bertz CT molecular complexity index is 3830. The molecule has 0 bridgehead atoms. The van der Waals surface area contributed by atoms with Crippen LogP contribution in [0.1, 0.15) is 68.0 Å². The molecule has 6 aromatic rings. The fraction of sp³-hybridized carbons (Fsp3) is 0.345. The minimum absolute atomic E-state index is 0. The van der Waals surface area contributed by atoms with Crippen LogP contribution >= 0.6 is 69.9 Å². The quantitative estimate of drug-likeness (QED) is 0.0461. The second-order valence-corrected chi connectivity index (χ2v) is 28.4. The zero-order valence-corrected chi connectivity index (χ0v) is 55.2. The Kier molecular flexibility index (Phi) is 26.5. The smallest absolute Gasteiger partial charge is 0.387 e. The molecule has 92 heavy (non-hydrogen) atoms. The maximum atomic E-state index is 13.8. The van der Waals surface area contributed by atoms with E-state index in [0.717, 1.165) is 57.1 Å². The highest BCUT2D eigenvalue weighted by atomic mass is 35.5. The largest absolute Gasteiger partial charge is 0.870 e. The van der Waals surface area contributed by atoms with Gasteiger partial charge in [-0.15, -0.1) is 23.5 Å². The zero-order chi connectivity index (χ0) is 65.4. The molecular formula is C58H60Cl4F4N6O16S4. The number of hydrogen-bond acceptors (Lipinski definition) is 18. The van der Waals surface area contributed by atoms with E-state index >= 15 is 0 Å². The number of carbonyl (C=O) groups excluding carboxylic acids is 4. The first kappa shape index (κ1) is 74.6. The molecule has 4 aromatic carbocycles. The molecule has 0 radical (unpaired) electrons. The molecule has 3 aliphatic rings. The van der Waals surface area contributed by atoms with Gasteiger partial charge in [0.2, 0.25) is 20.0 Å². The molecule has 5 N–H and O–H groups in total. The van der Waals surface area contributed by atoms with Crippen molar-refractivity contribution in [1.29, 1.82) is 0 Å². The van der Waals surface area contributed by atoms with Crippen LogP contribution < -0.4 is 24.2 Å². The summed E-state index contributed by atoms with van der Waals surface area (Å²) in [5.74, 6) is -2.91. The van der Waals surface area contributed by atoms with Gasteiger partial charge >= 0.3 is 25.2 Å². The van der Waals surface area contributed by atoms with E-state index in [2.05, 4.69) is 19.4 Å². The van der Waals surface area contributed by atoms with E-state index in [4.69, 9.17) is 60.6 Å². The number of esters is 2. The summed E-state index contributed by atoms with van der Waals surface area (Å²) < 4.78 is 135. The number of H-pyrrole nitrogens is 2. The Labute approximate surface area is 555 Å². The number of nitrogens with zero attached hydrogens (tertiary/aromatic N) is 4. The van der Waals surface area contributed by atoms with Gasteiger partial charge in [-0.3, -0.25) is 9.59 Å². The van der Waals surface area contributed by atoms with Gasteiger partial charge in [-0.25, -0.2) is 36.4 Å². The average molecular weight is 1440 g/mol. The Morgan fingerprint density at radius 1 is 0.598 bits per heavy atom. The van der Waals surface area contributed by atoms with Crippen molar-refractivity contribution in [3.05, 3.63) is 163 Å². The van der Waals surface area contributed by atoms with Crippen molar-refractivity contribution in [2.24, 2.45) is 5.92 Å². The number of rotatable bonds is 23. The van der Waals surface area contributed by atoms with Crippen LogP contribution in [0.4, 0.5) is 17.6 Å². The monoisotopic (exact) mass is 1440 g/mol. The van der Waals surface area contributed by atoms with Gasteiger partial charge in [-0.1, -0.05) is 70.7 Å². The molecular weight excluding hydrogens is 1380 g/mol. The summed E-state index contributed by atoms with van der Waals surface area (Å²) >= 11 is 27.6. The van der Waals surface area contributed by atoms with Crippen LogP contribution in [0, 0.1) is 5.92 Å². The number of hydrogen-bond donors (Lipinski definition) is 1. The van der Waals surface area contributed by atoms with Gasteiger partial charge in [0.05, 0.1) is 16.4 Å². The van der Waals surface area contributed by atoms with E-state index < -0.39 is 85.6 Å². The number of aromatic amines is 2. The first-order valence-electron chi connectivity index (χ1n) is 27.1. The predicted molar refractivity (Wildman–Crippen MR) is 330 cm³/mol. The van der Waals surface area contributed by atoms with Crippen LogP contribution in [0.15, 0.2) is 120 Å². The predicted octanol–water partition coefficient (Wildman–Crippen LogP) is 9.54. The van der Waals surface area contributed by atoms with E-state index in [1.807, 2.05) is 0 Å². The number of pyridine rings is 2. The van der Waals surface area contributed by atoms with Crippen molar-refractivity contribution < 1.29 is 103 Å². The normalized spacial score (nSPS) is 16.5. The molecule has 9 rings (SSSR count). The number of halogens is 8. The van der Waals surface area contributed by atoms with Crippen LogP contribution in [0.3, 0.4) is 0 Å². The van der Waals surface area contributed by atoms with Gasteiger partial charge in [0.25, 0.3) is 11.8 Å². The lowest BCUT2D eigenvalue weighted by atomic mass is 10.0. The number of nitrogens with one attached hydrogen (secondary N) is 2. The second-order valence-electron chi connectivity index (χ2n) is 20.6. The molecule has 2 amide bonds. The number of ether oxygens (including phenoxy) is 5. The Hall–Kier alpha value is -6.42. The molecule has 498 valence electrons. The number of sulfonamides is 2.